The molecule has 0 fully saturated rings. The molecule has 0 radical (unpaired) electrons. The summed E-state index contributed by atoms with van der Waals surface area (Å²) in [4.78, 5) is 26.1. The molecule has 7 nitrogen and oxygen atoms in total. The second-order valence-electron chi connectivity index (χ2n) is 7.75. The van der Waals surface area contributed by atoms with E-state index in [1.807, 2.05) is 20.8 Å². The maximum atomic E-state index is 13.1. The van der Waals surface area contributed by atoms with Gasteiger partial charge in [0.05, 0.1) is 41.4 Å². The second kappa shape index (κ2) is 11.6. The second-order valence-corrected chi connectivity index (χ2v) is 8.59. The van der Waals surface area contributed by atoms with Gasteiger partial charge in [-0.25, -0.2) is 4.79 Å². The topological polar surface area (TPSA) is 84.2 Å². The minimum atomic E-state index is -0.642. The summed E-state index contributed by atoms with van der Waals surface area (Å²) in [5.41, 5.74) is 0.978. The number of hydrogen-bond donors (Lipinski definition) is 0. The largest absolute Gasteiger partial charge is 0.490 e. The number of halogens is 2. The number of hydrogen-bond acceptors (Lipinski definition) is 7. The van der Waals surface area contributed by atoms with Crippen LogP contribution < -0.4 is 24.4 Å². The van der Waals surface area contributed by atoms with Crippen LogP contribution in [0.15, 0.2) is 64.0 Å². The molecule has 0 saturated heterocycles. The third-order valence-corrected chi connectivity index (χ3v) is 5.87. The van der Waals surface area contributed by atoms with Crippen molar-refractivity contribution in [3.05, 3.63) is 80.6 Å². The lowest BCUT2D eigenvalue weighted by Gasteiger charge is -2.16. The summed E-state index contributed by atoms with van der Waals surface area (Å²) in [6.45, 7) is 6.65. The Morgan fingerprint density at radius 3 is 2.14 bits per heavy atom. The molecule has 0 unspecified atom stereocenters. The summed E-state index contributed by atoms with van der Waals surface area (Å²) in [7, 11) is 0. The molecule has 3 aromatic carbocycles. The molecule has 9 heteroatoms. The van der Waals surface area contributed by atoms with Crippen LogP contribution in [0, 0.1) is 0 Å². The fourth-order valence-corrected chi connectivity index (χ4v) is 4.25. The minimum absolute atomic E-state index is 0.197. The molecule has 1 heterocycles. The molecule has 1 aromatic heterocycles. The zero-order chi connectivity index (χ0) is 26.5. The standard InChI is InChI=1S/C28H24Cl2O7/c1-4-33-24-11-16(12-25(34-5-2)27(24)35-6-3)28(32)37-18-8-10-20-23(14-18)36-15-21(26(20)31)19-9-7-17(29)13-22(19)30/h7-15H,4-6H2,1-3H3. The summed E-state index contributed by atoms with van der Waals surface area (Å²) in [6.07, 6.45) is 1.32. The molecule has 0 atom stereocenters. The minimum Gasteiger partial charge on any atom is -0.490 e. The van der Waals surface area contributed by atoms with Gasteiger partial charge in [-0.15, -0.1) is 0 Å². The van der Waals surface area contributed by atoms with Crippen molar-refractivity contribution in [1.29, 1.82) is 0 Å². The van der Waals surface area contributed by atoms with Crippen LogP contribution in [0.4, 0.5) is 0 Å². The Morgan fingerprint density at radius 1 is 0.838 bits per heavy atom. The Labute approximate surface area is 223 Å². The smallest absolute Gasteiger partial charge is 0.343 e. The fourth-order valence-electron chi connectivity index (χ4n) is 3.74. The predicted molar refractivity (Wildman–Crippen MR) is 143 cm³/mol. The first kappa shape index (κ1) is 26.4. The van der Waals surface area contributed by atoms with Crippen molar-refractivity contribution in [2.75, 3.05) is 19.8 Å². The van der Waals surface area contributed by atoms with Crippen LogP contribution in [-0.2, 0) is 0 Å². The Kier molecular flexibility index (Phi) is 8.26. The average molecular weight is 543 g/mol. The highest BCUT2D eigenvalue weighted by molar-refractivity contribution is 6.36. The lowest BCUT2D eigenvalue weighted by Crippen LogP contribution is -2.11. The number of ether oxygens (including phenoxy) is 4. The van der Waals surface area contributed by atoms with E-state index in [9.17, 15) is 9.59 Å². The predicted octanol–water partition coefficient (Wildman–Crippen LogP) is 7.18. The molecule has 0 aliphatic rings. The maximum absolute atomic E-state index is 13.1. The van der Waals surface area contributed by atoms with E-state index in [-0.39, 0.29) is 22.3 Å². The number of carbonyl (C=O) groups excluding carboxylic acids is 1. The maximum Gasteiger partial charge on any atom is 0.343 e. The van der Waals surface area contributed by atoms with Crippen molar-refractivity contribution >= 4 is 40.1 Å². The molecule has 37 heavy (non-hydrogen) atoms. The van der Waals surface area contributed by atoms with Gasteiger partial charge >= 0.3 is 5.97 Å². The van der Waals surface area contributed by atoms with Gasteiger partial charge in [-0.3, -0.25) is 4.79 Å². The summed E-state index contributed by atoms with van der Waals surface area (Å²) >= 11 is 12.2. The number of rotatable bonds is 9. The molecular weight excluding hydrogens is 519 g/mol. The summed E-state index contributed by atoms with van der Waals surface area (Å²) in [5, 5.41) is 1.10. The van der Waals surface area contributed by atoms with E-state index < -0.39 is 5.97 Å². The third kappa shape index (κ3) is 5.68. The van der Waals surface area contributed by atoms with Crippen molar-refractivity contribution in [2.24, 2.45) is 0 Å². The molecule has 0 amide bonds. The van der Waals surface area contributed by atoms with E-state index in [4.69, 9.17) is 46.6 Å². The Balaban J connectivity index is 1.65. The summed E-state index contributed by atoms with van der Waals surface area (Å²) in [6, 6.07) is 12.5. The molecule has 4 rings (SSSR count). The first-order valence-electron chi connectivity index (χ1n) is 11.7. The van der Waals surface area contributed by atoms with Gasteiger partial charge in [0.15, 0.2) is 11.5 Å². The zero-order valence-electron chi connectivity index (χ0n) is 20.4. The zero-order valence-corrected chi connectivity index (χ0v) is 21.9. The molecule has 0 aliphatic carbocycles. The Bertz CT molecular complexity index is 1480. The van der Waals surface area contributed by atoms with Gasteiger partial charge in [0.2, 0.25) is 11.2 Å². The highest BCUT2D eigenvalue weighted by atomic mass is 35.5. The third-order valence-electron chi connectivity index (χ3n) is 5.32. The highest BCUT2D eigenvalue weighted by Gasteiger charge is 2.20. The lowest BCUT2D eigenvalue weighted by molar-refractivity contribution is 0.0733. The van der Waals surface area contributed by atoms with Crippen LogP contribution >= 0.6 is 23.2 Å². The first-order chi connectivity index (χ1) is 17.9. The summed E-state index contributed by atoms with van der Waals surface area (Å²) in [5.74, 6) is 0.728. The van der Waals surface area contributed by atoms with Crippen molar-refractivity contribution in [1.82, 2.24) is 0 Å². The fraction of sp³-hybridized carbons (Fsp3) is 0.214. The van der Waals surface area contributed by atoms with Gasteiger partial charge in [0.1, 0.15) is 17.6 Å². The van der Waals surface area contributed by atoms with Crippen molar-refractivity contribution in [2.45, 2.75) is 20.8 Å². The van der Waals surface area contributed by atoms with Crippen LogP contribution in [0.25, 0.3) is 22.1 Å². The van der Waals surface area contributed by atoms with Gasteiger partial charge in [0, 0.05) is 16.7 Å². The van der Waals surface area contributed by atoms with Crippen LogP contribution in [0.3, 0.4) is 0 Å². The monoisotopic (exact) mass is 542 g/mol. The van der Waals surface area contributed by atoms with Crippen LogP contribution in [0.5, 0.6) is 23.0 Å². The molecular formula is C28H24Cl2O7. The molecule has 0 aliphatic heterocycles. The quantitative estimate of drug-likeness (QED) is 0.163. The molecule has 0 saturated carbocycles. The number of fused-ring (bicyclic) bond motifs is 1. The number of esters is 1. The molecule has 4 aromatic rings. The van der Waals surface area contributed by atoms with E-state index in [2.05, 4.69) is 0 Å². The van der Waals surface area contributed by atoms with Gasteiger partial charge in [-0.2, -0.15) is 0 Å². The van der Waals surface area contributed by atoms with Crippen molar-refractivity contribution in [3.63, 3.8) is 0 Å². The summed E-state index contributed by atoms with van der Waals surface area (Å²) < 4.78 is 28.3. The molecule has 0 N–H and O–H groups in total. The Hall–Kier alpha value is -3.68. The lowest BCUT2D eigenvalue weighted by atomic mass is 10.1. The highest BCUT2D eigenvalue weighted by Crippen LogP contribution is 2.39. The van der Waals surface area contributed by atoms with Gasteiger partial charge < -0.3 is 23.4 Å². The van der Waals surface area contributed by atoms with E-state index in [0.29, 0.717) is 63.6 Å². The van der Waals surface area contributed by atoms with Crippen LogP contribution in [0.1, 0.15) is 31.1 Å². The van der Waals surface area contributed by atoms with Crippen LogP contribution in [0.2, 0.25) is 10.0 Å². The molecule has 0 spiro atoms. The van der Waals surface area contributed by atoms with E-state index >= 15 is 0 Å². The van der Waals surface area contributed by atoms with E-state index in [1.165, 1.54) is 24.5 Å². The number of carbonyl (C=O) groups is 1. The van der Waals surface area contributed by atoms with Crippen molar-refractivity contribution < 1.29 is 28.2 Å². The van der Waals surface area contributed by atoms with E-state index in [1.54, 1.807) is 30.3 Å². The normalized spacial score (nSPS) is 10.8. The average Bonchev–Trinajstić information content (AvgIpc) is 2.87. The first-order valence-corrected chi connectivity index (χ1v) is 12.4. The molecule has 0 bridgehead atoms. The van der Waals surface area contributed by atoms with Crippen LogP contribution in [-0.4, -0.2) is 25.8 Å². The number of benzene rings is 3. The SMILES string of the molecule is CCOc1cc(C(=O)Oc2ccc3c(=O)c(-c4ccc(Cl)cc4Cl)coc3c2)cc(OCC)c1OCC. The van der Waals surface area contributed by atoms with Gasteiger partial charge in [-0.05, 0) is 57.2 Å². The Morgan fingerprint density at radius 2 is 1.51 bits per heavy atom. The van der Waals surface area contributed by atoms with Gasteiger partial charge in [0.25, 0.3) is 0 Å². The van der Waals surface area contributed by atoms with Crippen molar-refractivity contribution in [3.8, 4) is 34.1 Å². The van der Waals surface area contributed by atoms with Gasteiger partial charge in [-0.1, -0.05) is 29.3 Å². The van der Waals surface area contributed by atoms with E-state index in [0.717, 1.165) is 0 Å². The molecule has 192 valence electrons.